The van der Waals surface area contributed by atoms with E-state index in [1.54, 1.807) is 0 Å². The van der Waals surface area contributed by atoms with E-state index in [0.29, 0.717) is 11.8 Å². The van der Waals surface area contributed by atoms with Gasteiger partial charge in [0.1, 0.15) is 21.2 Å². The Morgan fingerprint density at radius 3 is 2.71 bits per heavy atom. The Morgan fingerprint density at radius 1 is 1.12 bits per heavy atom. The average molecular weight is 697 g/mol. The lowest BCUT2D eigenvalue weighted by molar-refractivity contribution is -0.0907. The molecule has 2 fully saturated rings. The normalized spacial score (nSPS) is 31.3. The topological polar surface area (TPSA) is 142 Å². The van der Waals surface area contributed by atoms with Crippen LogP contribution >= 0.6 is 0 Å². The molecule has 0 unspecified atom stereocenters. The first-order chi connectivity index (χ1) is 28.4. The predicted octanol–water partition coefficient (Wildman–Crippen LogP) is 4.10. The van der Waals surface area contributed by atoms with Crippen molar-refractivity contribution in [3.05, 3.63) is 83.9 Å². The number of aliphatic hydroxyl groups is 1. The average Bonchev–Trinajstić information content (AvgIpc) is 3.79. The van der Waals surface area contributed by atoms with E-state index in [1.807, 2.05) is 30.3 Å². The highest BCUT2D eigenvalue weighted by molar-refractivity contribution is 7.89. The predicted molar refractivity (Wildman–Crippen MR) is 174 cm³/mol. The summed E-state index contributed by atoms with van der Waals surface area (Å²) in [5, 5.41) is 14.2. The number of ether oxygens (including phenoxy) is 6. The fourth-order valence-corrected chi connectivity index (χ4v) is 6.40. The molecule has 0 aliphatic carbocycles. The summed E-state index contributed by atoms with van der Waals surface area (Å²) in [6.45, 7) is -17.7. The molecule has 13 heteroatoms. The van der Waals surface area contributed by atoms with Gasteiger partial charge in [-0.25, -0.2) is 13.2 Å². The van der Waals surface area contributed by atoms with Crippen molar-refractivity contribution in [3.63, 3.8) is 0 Å². The highest BCUT2D eigenvalue weighted by Gasteiger charge is 2.44. The number of nitrogens with zero attached hydrogens (tertiary/aromatic N) is 1. The zero-order valence-corrected chi connectivity index (χ0v) is 26.1. The van der Waals surface area contributed by atoms with Crippen molar-refractivity contribution < 1.29 is 65.9 Å². The van der Waals surface area contributed by atoms with Crippen LogP contribution in [-0.4, -0.2) is 81.4 Å². The molecule has 0 spiro atoms. The summed E-state index contributed by atoms with van der Waals surface area (Å²) < 4.78 is 177. The fourth-order valence-electron chi connectivity index (χ4n) is 5.13. The maximum absolute atomic E-state index is 14.6. The van der Waals surface area contributed by atoms with Gasteiger partial charge in [0.2, 0.25) is 16.8 Å². The van der Waals surface area contributed by atoms with E-state index in [-0.39, 0.29) is 30.9 Å². The molecule has 3 heterocycles. The lowest BCUT2D eigenvalue weighted by atomic mass is 10.0. The molecule has 3 aliphatic rings. The molecule has 0 aromatic heterocycles. The third-order valence-corrected chi connectivity index (χ3v) is 9.21. The van der Waals surface area contributed by atoms with E-state index in [2.05, 4.69) is 5.32 Å². The standard InChI is InChI=1S/C35H42N2O10S/c1-23(2)18-37(48(40,41)27-12-13-31-32(17-27)46-22-45-31)19-30(38)29(36-35(39)47-33-21-44-34-28(33)14-15-42-34)16-24-8-10-26(11-9-24)43-20-25-6-4-3-5-7-25/h3-13,17,23,28-30,33-34,38H,14-16,18-22H2,1-2H3,(H,36,39)/t28-,29-,30+,33-,34+/m0/s1/i1D3,2D3,18D2,22D2,23D,30D,33D,34D. The Labute approximate surface area is 300 Å². The number of amides is 1. The molecule has 6 rings (SSSR count). The maximum atomic E-state index is 14.6. The molecule has 0 radical (unpaired) electrons. The molecule has 12 nitrogen and oxygen atoms in total. The Kier molecular flexibility index (Phi) is 6.49. The Bertz CT molecular complexity index is 2220. The van der Waals surface area contributed by atoms with Gasteiger partial charge in [-0.3, -0.25) is 0 Å². The minimum Gasteiger partial charge on any atom is -0.489 e. The van der Waals surface area contributed by atoms with Gasteiger partial charge in [-0.2, -0.15) is 4.31 Å². The Hall–Kier alpha value is -3.88. The quantitative estimate of drug-likeness (QED) is 0.253. The first-order valence-corrected chi connectivity index (χ1v) is 16.2. The third kappa shape index (κ3) is 8.21. The molecule has 3 aromatic carbocycles. The van der Waals surface area contributed by atoms with Gasteiger partial charge in [0.15, 0.2) is 17.8 Å². The van der Waals surface area contributed by atoms with Crippen molar-refractivity contribution in [2.24, 2.45) is 11.8 Å². The number of nitrogens with one attached hydrogen (secondary N) is 1. The van der Waals surface area contributed by atoms with Gasteiger partial charge >= 0.3 is 6.09 Å². The lowest BCUT2D eigenvalue weighted by Crippen LogP contribution is -2.51. The number of carbonyl (C=O) groups excluding carboxylic acids is 1. The number of hydrogen-bond donors (Lipinski definition) is 2. The highest BCUT2D eigenvalue weighted by Crippen LogP contribution is 2.35. The summed E-state index contributed by atoms with van der Waals surface area (Å²) in [6.07, 6.45) is -9.77. The summed E-state index contributed by atoms with van der Waals surface area (Å²) >= 11 is 0. The zero-order chi connectivity index (χ0) is 46.0. The number of alkyl carbamates (subject to hydrolysis) is 1. The SMILES string of the molecule is [2H]C1([2H])Oc2ccc(S(=O)(=O)N(C[C@@]([2H])(O)[C@H](Cc3ccc(OCc4ccccc4)cc3)NC(=O)O[C@@]3([2H])CO[C@@]4([2H])OCC[C@H]43)C([2H])([2H])C([2H])(C([2H])([2H])[2H])C([2H])([2H])[2H])cc2O1. The number of carbonyl (C=O) groups is 1. The second kappa shape index (κ2) is 15.1. The van der Waals surface area contributed by atoms with Crippen LogP contribution in [0.4, 0.5) is 4.79 Å². The molecule has 5 atom stereocenters. The summed E-state index contributed by atoms with van der Waals surface area (Å²) in [5.41, 5.74) is 1.08. The molecule has 3 aromatic rings. The molecular weight excluding hydrogens is 640 g/mol. The Morgan fingerprint density at radius 2 is 1.92 bits per heavy atom. The van der Waals surface area contributed by atoms with E-state index in [4.69, 9.17) is 46.2 Å². The van der Waals surface area contributed by atoms with Crippen molar-refractivity contribution in [1.29, 1.82) is 0 Å². The van der Waals surface area contributed by atoms with Gasteiger partial charge < -0.3 is 38.8 Å². The molecule has 2 saturated heterocycles. The van der Waals surface area contributed by atoms with Gasteiger partial charge in [0, 0.05) is 31.4 Å². The highest BCUT2D eigenvalue weighted by atomic mass is 32.2. The Balaban J connectivity index is 1.39. The summed E-state index contributed by atoms with van der Waals surface area (Å²) in [6, 6.07) is 15.2. The monoisotopic (exact) mass is 696 g/mol. The van der Waals surface area contributed by atoms with Crippen LogP contribution in [0.3, 0.4) is 0 Å². The van der Waals surface area contributed by atoms with Crippen molar-refractivity contribution in [2.75, 3.05) is 33.0 Å². The number of hydrogen-bond acceptors (Lipinski definition) is 10. The second-order valence-corrected chi connectivity index (χ2v) is 12.7. The number of rotatable bonds is 14. The second-order valence-electron chi connectivity index (χ2n) is 10.9. The van der Waals surface area contributed by atoms with Crippen LogP contribution in [0.1, 0.15) is 50.4 Å². The first kappa shape index (κ1) is 20.6. The van der Waals surface area contributed by atoms with Crippen LogP contribution in [0.5, 0.6) is 17.2 Å². The largest absolute Gasteiger partial charge is 0.489 e. The molecule has 0 saturated carbocycles. The minimum absolute atomic E-state index is 0.00726. The summed E-state index contributed by atoms with van der Waals surface area (Å²) in [4.78, 5) is 12.6. The van der Waals surface area contributed by atoms with Gasteiger partial charge in [-0.05, 0) is 54.1 Å². The number of sulfonamides is 1. The number of fused-ring (bicyclic) bond motifs is 2. The van der Waals surface area contributed by atoms with Crippen LogP contribution < -0.4 is 19.5 Å². The first-order valence-electron chi connectivity index (χ1n) is 21.7. The molecule has 258 valence electrons. The van der Waals surface area contributed by atoms with Crippen molar-refractivity contribution in [1.82, 2.24) is 9.62 Å². The van der Waals surface area contributed by atoms with Crippen LogP contribution in [0, 0.1) is 11.8 Å². The van der Waals surface area contributed by atoms with Crippen LogP contribution in [-0.2, 0) is 37.3 Å². The van der Waals surface area contributed by atoms with Crippen LogP contribution in [0.15, 0.2) is 77.7 Å². The van der Waals surface area contributed by atoms with E-state index >= 15 is 0 Å². The van der Waals surface area contributed by atoms with Gasteiger partial charge in [0.05, 0.1) is 40.3 Å². The lowest BCUT2D eigenvalue weighted by Gasteiger charge is -2.31. The molecular formula is C35H42N2O10S. The van der Waals surface area contributed by atoms with Crippen molar-refractivity contribution >= 4 is 16.1 Å². The zero-order valence-electron chi connectivity index (χ0n) is 39.3. The smallest absolute Gasteiger partial charge is 0.407 e. The van der Waals surface area contributed by atoms with Crippen LogP contribution in [0.2, 0.25) is 0 Å². The maximum Gasteiger partial charge on any atom is 0.407 e. The van der Waals surface area contributed by atoms with Crippen molar-refractivity contribution in [2.45, 2.75) is 62.5 Å². The van der Waals surface area contributed by atoms with Crippen LogP contribution in [0.25, 0.3) is 0 Å². The van der Waals surface area contributed by atoms with Gasteiger partial charge in [-0.1, -0.05) is 56.2 Å². The summed E-state index contributed by atoms with van der Waals surface area (Å²) in [5.74, 6) is -5.93. The summed E-state index contributed by atoms with van der Waals surface area (Å²) in [7, 11) is -5.71. The van der Waals surface area contributed by atoms with E-state index < -0.39 is 114 Å². The third-order valence-electron chi connectivity index (χ3n) is 7.56. The van der Waals surface area contributed by atoms with Gasteiger partial charge in [-0.15, -0.1) is 0 Å². The van der Waals surface area contributed by atoms with E-state index in [0.717, 1.165) is 17.7 Å². The van der Waals surface area contributed by atoms with E-state index in [1.165, 1.54) is 24.3 Å². The van der Waals surface area contributed by atoms with Crippen molar-refractivity contribution in [3.8, 4) is 17.2 Å². The number of benzene rings is 3. The molecule has 3 aliphatic heterocycles. The minimum atomic E-state index is -5.71. The molecule has 1 amide bonds. The fraction of sp³-hybridized carbons (Fsp3) is 0.457. The molecule has 2 N–H and O–H groups in total. The molecule has 0 bridgehead atoms. The van der Waals surface area contributed by atoms with Gasteiger partial charge in [0.25, 0.3) is 0 Å². The molecule has 48 heavy (non-hydrogen) atoms. The van der Waals surface area contributed by atoms with E-state index in [9.17, 15) is 19.7 Å².